The standard InChI is InChI=1S/C15H19N3O4.C10H12O5/c1-8(2)15(3)14(21)17-12(18-15)11-10(13(19)20)5-9(6-16-11)7-22-4;1-2-6(11)9-7(12)3-5(10(14)15)4-8(9)13/h5-6,8H,7H2,1-4H3,(H,19,20)(H,17,18,21);5,9H,2-4H2,1H3,(H,14,15). The summed E-state index contributed by atoms with van der Waals surface area (Å²) in [6.45, 7) is 7.33. The Hall–Kier alpha value is -3.80. The van der Waals surface area contributed by atoms with E-state index in [1.807, 2.05) is 13.8 Å². The maximum Gasteiger partial charge on any atom is 0.338 e. The first-order chi connectivity index (χ1) is 17.3. The fourth-order valence-corrected chi connectivity index (χ4v) is 3.86. The van der Waals surface area contributed by atoms with Crippen LogP contribution in [0.1, 0.15) is 68.6 Å². The number of nitrogens with zero attached hydrogens (tertiary/aromatic N) is 2. The van der Waals surface area contributed by atoms with Crippen LogP contribution in [-0.4, -0.2) is 68.9 Å². The van der Waals surface area contributed by atoms with Gasteiger partial charge in [-0.1, -0.05) is 20.8 Å². The molecule has 1 unspecified atom stereocenters. The predicted molar refractivity (Wildman–Crippen MR) is 129 cm³/mol. The molecule has 1 aliphatic carbocycles. The first-order valence-electron chi connectivity index (χ1n) is 11.7. The van der Waals surface area contributed by atoms with Gasteiger partial charge in [0.1, 0.15) is 17.2 Å². The van der Waals surface area contributed by atoms with Gasteiger partial charge in [0.25, 0.3) is 5.91 Å². The van der Waals surface area contributed by atoms with Gasteiger partial charge in [-0.15, -0.1) is 0 Å². The van der Waals surface area contributed by atoms with E-state index in [0.29, 0.717) is 5.56 Å². The maximum atomic E-state index is 12.2. The van der Waals surface area contributed by atoms with Crippen molar-refractivity contribution >= 4 is 41.0 Å². The topological polar surface area (TPSA) is 189 Å². The number of carboxylic acids is 2. The Kier molecular flexibility index (Phi) is 9.51. The number of Topliss-reactive ketones (excluding diaryl/α,β-unsaturated/α-hetero) is 3. The molecule has 200 valence electrons. The molecule has 3 N–H and O–H groups in total. The molecule has 0 spiro atoms. The highest BCUT2D eigenvalue weighted by molar-refractivity contribution is 6.21. The SMILES string of the molecule is CCC(=O)C1C(=O)CC(C(=O)O)CC1=O.COCc1cnc(C2=NC(C)(C(C)C)C(=O)N2)c(C(=O)O)c1. The number of ketones is 3. The Morgan fingerprint density at radius 3 is 2.19 bits per heavy atom. The Morgan fingerprint density at radius 1 is 1.16 bits per heavy atom. The van der Waals surface area contributed by atoms with E-state index in [0.717, 1.165) is 0 Å². The smallest absolute Gasteiger partial charge is 0.338 e. The molecule has 2 aliphatic rings. The van der Waals surface area contributed by atoms with E-state index in [-0.39, 0.29) is 54.8 Å². The van der Waals surface area contributed by atoms with Gasteiger partial charge in [0.15, 0.2) is 23.2 Å². The lowest BCUT2D eigenvalue weighted by molar-refractivity contribution is -0.152. The van der Waals surface area contributed by atoms with Gasteiger partial charge in [0, 0.05) is 32.6 Å². The maximum absolute atomic E-state index is 12.2. The zero-order valence-corrected chi connectivity index (χ0v) is 21.4. The molecule has 1 aliphatic heterocycles. The van der Waals surface area contributed by atoms with Gasteiger partial charge < -0.3 is 20.3 Å². The van der Waals surface area contributed by atoms with Crippen molar-refractivity contribution in [3.05, 3.63) is 29.1 Å². The van der Waals surface area contributed by atoms with Gasteiger partial charge in [-0.05, 0) is 24.5 Å². The van der Waals surface area contributed by atoms with Crippen molar-refractivity contribution in [2.45, 2.75) is 59.1 Å². The molecule has 1 fully saturated rings. The molecule has 12 heteroatoms. The molecule has 1 atom stereocenters. The van der Waals surface area contributed by atoms with Crippen LogP contribution in [0, 0.1) is 17.8 Å². The van der Waals surface area contributed by atoms with Crippen LogP contribution in [-0.2, 0) is 35.3 Å². The first kappa shape index (κ1) is 29.4. The Morgan fingerprint density at radius 2 is 1.76 bits per heavy atom. The van der Waals surface area contributed by atoms with Crippen molar-refractivity contribution in [1.29, 1.82) is 0 Å². The second-order valence-corrected chi connectivity index (χ2v) is 9.32. The zero-order chi connectivity index (χ0) is 28.1. The highest BCUT2D eigenvalue weighted by Crippen LogP contribution is 2.27. The number of aromatic nitrogens is 1. The summed E-state index contributed by atoms with van der Waals surface area (Å²) in [4.78, 5) is 76.9. The number of amidine groups is 1. The summed E-state index contributed by atoms with van der Waals surface area (Å²) in [5.74, 6) is -6.03. The molecular formula is C25H31N3O9. The summed E-state index contributed by atoms with van der Waals surface area (Å²) < 4.78 is 4.98. The molecule has 1 aromatic rings. The number of amides is 1. The molecule has 0 radical (unpaired) electrons. The molecule has 1 amide bonds. The highest BCUT2D eigenvalue weighted by Gasteiger charge is 2.43. The monoisotopic (exact) mass is 517 g/mol. The van der Waals surface area contributed by atoms with Crippen LogP contribution in [0.5, 0.6) is 0 Å². The number of aliphatic carboxylic acids is 1. The number of aliphatic imine (C=N–C) groups is 1. The second kappa shape index (κ2) is 12.0. The molecule has 12 nitrogen and oxygen atoms in total. The first-order valence-corrected chi connectivity index (χ1v) is 11.7. The number of nitrogens with one attached hydrogen (secondary N) is 1. The number of carbonyl (C=O) groups is 6. The fraction of sp³-hybridized carbons (Fsp3) is 0.520. The van der Waals surface area contributed by atoms with Crippen molar-refractivity contribution in [3.8, 4) is 0 Å². The van der Waals surface area contributed by atoms with Gasteiger partial charge in [-0.25, -0.2) is 9.79 Å². The van der Waals surface area contributed by atoms with Crippen molar-refractivity contribution in [2.75, 3.05) is 7.11 Å². The van der Waals surface area contributed by atoms with E-state index in [2.05, 4.69) is 15.3 Å². The minimum absolute atomic E-state index is 0.0124. The predicted octanol–water partition coefficient (Wildman–Crippen LogP) is 1.43. The van der Waals surface area contributed by atoms with Crippen LogP contribution in [0.25, 0.3) is 0 Å². The largest absolute Gasteiger partial charge is 0.481 e. The summed E-state index contributed by atoms with van der Waals surface area (Å²) in [6.07, 6.45) is 1.22. The number of ether oxygens (including phenoxy) is 1. The summed E-state index contributed by atoms with van der Waals surface area (Å²) in [7, 11) is 1.52. The minimum Gasteiger partial charge on any atom is -0.481 e. The second-order valence-electron chi connectivity index (χ2n) is 9.32. The van der Waals surface area contributed by atoms with E-state index in [1.54, 1.807) is 13.8 Å². The minimum atomic E-state index is -1.20. The van der Waals surface area contributed by atoms with Crippen molar-refractivity contribution in [2.24, 2.45) is 22.7 Å². The number of rotatable bonds is 8. The average molecular weight is 518 g/mol. The van der Waals surface area contributed by atoms with Crippen LogP contribution < -0.4 is 5.32 Å². The summed E-state index contributed by atoms with van der Waals surface area (Å²) in [5.41, 5.74) is -0.135. The van der Waals surface area contributed by atoms with Crippen LogP contribution in [0.15, 0.2) is 17.3 Å². The van der Waals surface area contributed by atoms with Crippen molar-refractivity contribution < 1.29 is 43.7 Å². The van der Waals surface area contributed by atoms with E-state index >= 15 is 0 Å². The van der Waals surface area contributed by atoms with Gasteiger partial charge in [-0.3, -0.25) is 29.0 Å². The summed E-state index contributed by atoms with van der Waals surface area (Å²) in [6, 6.07) is 1.48. The number of methoxy groups -OCH3 is 1. The van der Waals surface area contributed by atoms with Gasteiger partial charge in [-0.2, -0.15) is 0 Å². The lowest BCUT2D eigenvalue weighted by Gasteiger charge is -2.22. The van der Waals surface area contributed by atoms with Crippen LogP contribution in [0.2, 0.25) is 0 Å². The number of aromatic carboxylic acids is 1. The Bertz CT molecular complexity index is 1140. The van der Waals surface area contributed by atoms with E-state index in [9.17, 15) is 33.9 Å². The lowest BCUT2D eigenvalue weighted by atomic mass is 9.77. The van der Waals surface area contributed by atoms with Gasteiger partial charge >= 0.3 is 11.9 Å². The van der Waals surface area contributed by atoms with Gasteiger partial charge in [0.05, 0.1) is 18.1 Å². The summed E-state index contributed by atoms with van der Waals surface area (Å²) >= 11 is 0. The number of carboxylic acid groups (broad SMARTS) is 2. The third-order valence-electron chi connectivity index (χ3n) is 6.43. The summed E-state index contributed by atoms with van der Waals surface area (Å²) in [5, 5.41) is 20.7. The molecule has 1 aromatic heterocycles. The molecule has 2 heterocycles. The zero-order valence-electron chi connectivity index (χ0n) is 21.4. The molecule has 0 saturated heterocycles. The van der Waals surface area contributed by atoms with Crippen molar-refractivity contribution in [1.82, 2.24) is 10.3 Å². The van der Waals surface area contributed by atoms with E-state index in [4.69, 9.17) is 9.84 Å². The van der Waals surface area contributed by atoms with Crippen molar-refractivity contribution in [3.63, 3.8) is 0 Å². The molecule has 3 rings (SSSR count). The third kappa shape index (κ3) is 6.50. The van der Waals surface area contributed by atoms with Gasteiger partial charge in [0.2, 0.25) is 0 Å². The van der Waals surface area contributed by atoms with Crippen LogP contribution in [0.4, 0.5) is 0 Å². The average Bonchev–Trinajstić information content (AvgIpc) is 3.14. The number of hydrogen-bond donors (Lipinski definition) is 3. The van der Waals surface area contributed by atoms with E-state index < -0.39 is 46.7 Å². The Labute approximate surface area is 213 Å². The normalized spacial score (nSPS) is 23.2. The molecule has 37 heavy (non-hydrogen) atoms. The number of pyridine rings is 1. The van der Waals surface area contributed by atoms with E-state index in [1.165, 1.54) is 19.4 Å². The van der Waals surface area contributed by atoms with Crippen LogP contribution in [0.3, 0.4) is 0 Å². The fourth-order valence-electron chi connectivity index (χ4n) is 3.86. The molecular weight excluding hydrogens is 486 g/mol. The number of hydrogen-bond acceptors (Lipinski definition) is 9. The molecule has 0 bridgehead atoms. The Balaban J connectivity index is 0.000000281. The number of carbonyl (C=O) groups excluding carboxylic acids is 4. The lowest BCUT2D eigenvalue weighted by Crippen LogP contribution is -2.41. The quantitative estimate of drug-likeness (QED) is 0.425. The molecule has 1 saturated carbocycles. The molecule has 0 aromatic carbocycles. The third-order valence-corrected chi connectivity index (χ3v) is 6.43. The highest BCUT2D eigenvalue weighted by atomic mass is 16.5. The van der Waals surface area contributed by atoms with Crippen LogP contribution >= 0.6 is 0 Å².